The highest BCUT2D eigenvalue weighted by Gasteiger charge is 2.19. The smallest absolute Gasteiger partial charge is 0.341 e. The van der Waals surface area contributed by atoms with Crippen LogP contribution in [-0.2, 0) is 14.2 Å². The predicted molar refractivity (Wildman–Crippen MR) is 115 cm³/mol. The molecule has 1 aromatic heterocycles. The molecule has 2 aromatic carbocycles. The van der Waals surface area contributed by atoms with E-state index in [9.17, 15) is 14.4 Å². The van der Waals surface area contributed by atoms with Crippen molar-refractivity contribution in [3.05, 3.63) is 65.4 Å². The summed E-state index contributed by atoms with van der Waals surface area (Å²) in [7, 11) is 1.30. The van der Waals surface area contributed by atoms with E-state index in [2.05, 4.69) is 10.3 Å². The average molecular weight is 422 g/mol. The molecular weight excluding hydrogens is 400 g/mol. The lowest BCUT2D eigenvalue weighted by Crippen LogP contribution is -2.10. The summed E-state index contributed by atoms with van der Waals surface area (Å²) in [5.74, 6) is -1.53. The van der Waals surface area contributed by atoms with E-state index in [1.165, 1.54) is 13.3 Å². The fourth-order valence-electron chi connectivity index (χ4n) is 3.02. The van der Waals surface area contributed by atoms with Crippen LogP contribution in [0.5, 0.6) is 0 Å². The Morgan fingerprint density at radius 3 is 2.32 bits per heavy atom. The number of methoxy groups -OCH3 is 1. The van der Waals surface area contributed by atoms with Gasteiger partial charge in [0.15, 0.2) is 0 Å². The number of esters is 3. The maximum absolute atomic E-state index is 12.6. The summed E-state index contributed by atoms with van der Waals surface area (Å²) < 4.78 is 15.0. The van der Waals surface area contributed by atoms with Gasteiger partial charge in [0, 0.05) is 17.3 Å². The van der Waals surface area contributed by atoms with Gasteiger partial charge in [-0.2, -0.15) is 0 Å². The van der Waals surface area contributed by atoms with Crippen LogP contribution >= 0.6 is 0 Å². The molecule has 3 rings (SSSR count). The van der Waals surface area contributed by atoms with E-state index in [-0.39, 0.29) is 18.8 Å². The molecule has 0 fully saturated rings. The van der Waals surface area contributed by atoms with Crippen molar-refractivity contribution in [3.63, 3.8) is 0 Å². The molecule has 1 heterocycles. The third-order valence-corrected chi connectivity index (χ3v) is 4.43. The van der Waals surface area contributed by atoms with Crippen LogP contribution in [0.3, 0.4) is 0 Å². The van der Waals surface area contributed by atoms with Crippen LogP contribution in [0.15, 0.2) is 48.7 Å². The second kappa shape index (κ2) is 9.71. The maximum Gasteiger partial charge on any atom is 0.341 e. The van der Waals surface area contributed by atoms with Crippen molar-refractivity contribution in [2.45, 2.75) is 13.8 Å². The molecule has 0 aliphatic rings. The number of hydrogen-bond acceptors (Lipinski definition) is 8. The summed E-state index contributed by atoms with van der Waals surface area (Å²) in [5, 5.41) is 3.70. The van der Waals surface area contributed by atoms with Gasteiger partial charge in [0.1, 0.15) is 5.56 Å². The molecule has 0 atom stereocenters. The van der Waals surface area contributed by atoms with Gasteiger partial charge < -0.3 is 19.5 Å². The number of rotatable bonds is 7. The third-order valence-electron chi connectivity index (χ3n) is 4.43. The molecule has 1 N–H and O–H groups in total. The summed E-state index contributed by atoms with van der Waals surface area (Å²) >= 11 is 0. The van der Waals surface area contributed by atoms with Crippen LogP contribution in [0.2, 0.25) is 0 Å². The molecule has 0 unspecified atom stereocenters. The minimum atomic E-state index is -0.565. The maximum atomic E-state index is 12.6. The van der Waals surface area contributed by atoms with Crippen molar-refractivity contribution in [3.8, 4) is 0 Å². The number of ether oxygens (including phenoxy) is 3. The van der Waals surface area contributed by atoms with Crippen molar-refractivity contribution in [2.75, 3.05) is 25.6 Å². The number of carbonyl (C=O) groups is 3. The highest BCUT2D eigenvalue weighted by Crippen LogP contribution is 2.31. The number of nitrogens with zero attached hydrogens (tertiary/aromatic N) is 1. The van der Waals surface area contributed by atoms with E-state index in [0.29, 0.717) is 33.4 Å². The first kappa shape index (κ1) is 21.8. The number of hydrogen-bond donors (Lipinski definition) is 1. The number of pyridine rings is 1. The Bertz CT molecular complexity index is 1140. The van der Waals surface area contributed by atoms with Gasteiger partial charge in [0.05, 0.1) is 42.7 Å². The molecule has 0 saturated carbocycles. The van der Waals surface area contributed by atoms with Crippen LogP contribution < -0.4 is 5.32 Å². The fraction of sp³-hybridized carbons (Fsp3) is 0.217. The highest BCUT2D eigenvalue weighted by molar-refractivity contribution is 6.08. The summed E-state index contributed by atoms with van der Waals surface area (Å²) in [6.07, 6.45) is 1.41. The summed E-state index contributed by atoms with van der Waals surface area (Å²) in [6, 6.07) is 11.5. The largest absolute Gasteiger partial charge is 0.465 e. The molecule has 0 bridgehead atoms. The van der Waals surface area contributed by atoms with E-state index < -0.39 is 17.9 Å². The fourth-order valence-corrected chi connectivity index (χ4v) is 3.02. The van der Waals surface area contributed by atoms with Gasteiger partial charge in [-0.3, -0.25) is 4.98 Å². The Morgan fingerprint density at radius 2 is 1.61 bits per heavy atom. The molecular formula is C23H22N2O6. The van der Waals surface area contributed by atoms with Gasteiger partial charge >= 0.3 is 17.9 Å². The van der Waals surface area contributed by atoms with Gasteiger partial charge in [-0.1, -0.05) is 6.07 Å². The van der Waals surface area contributed by atoms with Gasteiger partial charge in [-0.05, 0) is 50.2 Å². The molecule has 0 amide bonds. The molecule has 0 aliphatic heterocycles. The first-order valence-corrected chi connectivity index (χ1v) is 9.70. The van der Waals surface area contributed by atoms with Crippen molar-refractivity contribution < 1.29 is 28.6 Å². The summed E-state index contributed by atoms with van der Waals surface area (Å²) in [5.41, 5.74) is 2.37. The first-order chi connectivity index (χ1) is 15.0. The van der Waals surface area contributed by atoms with Gasteiger partial charge in [0.25, 0.3) is 0 Å². The van der Waals surface area contributed by atoms with E-state index in [1.807, 2.05) is 0 Å². The highest BCUT2D eigenvalue weighted by atomic mass is 16.5. The van der Waals surface area contributed by atoms with Crippen molar-refractivity contribution in [1.82, 2.24) is 4.98 Å². The first-order valence-electron chi connectivity index (χ1n) is 9.70. The Labute approximate surface area is 179 Å². The molecule has 3 aromatic rings. The number of nitrogens with one attached hydrogen (secondary N) is 1. The van der Waals surface area contributed by atoms with Gasteiger partial charge in [-0.15, -0.1) is 0 Å². The topological polar surface area (TPSA) is 104 Å². The Hall–Kier alpha value is -3.94. The lowest BCUT2D eigenvalue weighted by molar-refractivity contribution is 0.0518. The predicted octanol–water partition coefficient (Wildman–Crippen LogP) is 4.12. The monoisotopic (exact) mass is 422 g/mol. The van der Waals surface area contributed by atoms with Crippen molar-refractivity contribution in [1.29, 1.82) is 0 Å². The second-order valence-electron chi connectivity index (χ2n) is 6.42. The molecule has 160 valence electrons. The zero-order valence-electron chi connectivity index (χ0n) is 17.4. The van der Waals surface area contributed by atoms with E-state index in [1.54, 1.807) is 56.3 Å². The van der Waals surface area contributed by atoms with Gasteiger partial charge in [-0.25, -0.2) is 14.4 Å². The third kappa shape index (κ3) is 4.80. The zero-order chi connectivity index (χ0) is 22.4. The lowest BCUT2D eigenvalue weighted by Gasteiger charge is -2.15. The van der Waals surface area contributed by atoms with E-state index in [4.69, 9.17) is 14.2 Å². The minimum absolute atomic E-state index is 0.191. The number of anilines is 2. The lowest BCUT2D eigenvalue weighted by atomic mass is 10.1. The van der Waals surface area contributed by atoms with Gasteiger partial charge in [0.2, 0.25) is 0 Å². The standard InChI is InChI=1S/C23H22N2O6/c1-4-30-22(27)15-9-10-19-17(12-15)20(18(13-24-19)23(28)31-5-2)25-16-8-6-7-14(11-16)21(26)29-3/h6-13H,4-5H2,1-3H3,(H,24,25). The quantitative estimate of drug-likeness (QED) is 0.448. The SMILES string of the molecule is CCOC(=O)c1ccc2ncc(C(=O)OCC)c(Nc3cccc(C(=O)OC)c3)c2c1. The van der Waals surface area contributed by atoms with E-state index >= 15 is 0 Å². The van der Waals surface area contributed by atoms with Crippen LogP contribution in [0, 0.1) is 0 Å². The molecule has 8 heteroatoms. The van der Waals surface area contributed by atoms with E-state index in [0.717, 1.165) is 0 Å². The number of fused-ring (bicyclic) bond motifs is 1. The molecule has 0 aliphatic carbocycles. The van der Waals surface area contributed by atoms with Crippen molar-refractivity contribution in [2.24, 2.45) is 0 Å². The van der Waals surface area contributed by atoms with Crippen LogP contribution in [0.1, 0.15) is 44.9 Å². The van der Waals surface area contributed by atoms with Crippen LogP contribution in [0.25, 0.3) is 10.9 Å². The Balaban J connectivity index is 2.16. The molecule has 0 radical (unpaired) electrons. The van der Waals surface area contributed by atoms with Crippen molar-refractivity contribution >= 4 is 40.2 Å². The molecule has 8 nitrogen and oxygen atoms in total. The molecule has 31 heavy (non-hydrogen) atoms. The van der Waals surface area contributed by atoms with Crippen LogP contribution in [0.4, 0.5) is 11.4 Å². The minimum Gasteiger partial charge on any atom is -0.465 e. The number of aromatic nitrogens is 1. The number of benzene rings is 2. The number of carbonyl (C=O) groups excluding carboxylic acids is 3. The normalized spacial score (nSPS) is 10.4. The Morgan fingerprint density at radius 1 is 0.903 bits per heavy atom. The Kier molecular flexibility index (Phi) is 6.81. The zero-order valence-corrected chi connectivity index (χ0v) is 17.4. The molecule has 0 saturated heterocycles. The summed E-state index contributed by atoms with van der Waals surface area (Å²) in [4.78, 5) is 41.0. The van der Waals surface area contributed by atoms with Crippen LogP contribution in [-0.4, -0.2) is 43.2 Å². The average Bonchev–Trinajstić information content (AvgIpc) is 2.79. The molecule has 0 spiro atoms. The summed E-state index contributed by atoms with van der Waals surface area (Å²) in [6.45, 7) is 3.86. The second-order valence-corrected chi connectivity index (χ2v) is 6.42.